The fourth-order valence-corrected chi connectivity index (χ4v) is 2.56. The van der Waals surface area contributed by atoms with Crippen molar-refractivity contribution in [2.45, 2.75) is 11.8 Å². The molecule has 0 atom stereocenters. The second kappa shape index (κ2) is 7.17. The first-order valence-electron chi connectivity index (χ1n) is 6.87. The van der Waals surface area contributed by atoms with E-state index in [4.69, 9.17) is 0 Å². The number of hydrogen-bond acceptors (Lipinski definition) is 4. The lowest BCUT2D eigenvalue weighted by atomic mass is 10.2. The van der Waals surface area contributed by atoms with E-state index in [-0.39, 0.29) is 10.8 Å². The topological polar surface area (TPSA) is 88.2 Å². The highest BCUT2D eigenvalue weighted by Crippen LogP contribution is 2.11. The first-order valence-corrected chi connectivity index (χ1v) is 8.35. The predicted molar refractivity (Wildman–Crippen MR) is 89.3 cm³/mol. The van der Waals surface area contributed by atoms with Gasteiger partial charge < -0.3 is 5.32 Å². The number of aromatic nitrogens is 1. The molecule has 2 N–H and O–H groups in total. The number of nitrogens with one attached hydrogen (secondary N) is 2. The van der Waals surface area contributed by atoms with Crippen molar-refractivity contribution in [2.75, 3.05) is 12.4 Å². The Morgan fingerprint density at radius 2 is 1.83 bits per heavy atom. The van der Waals surface area contributed by atoms with Crippen LogP contribution in [0.3, 0.4) is 0 Å². The number of sulfonamides is 1. The molecule has 23 heavy (non-hydrogen) atoms. The smallest absolute Gasteiger partial charge is 0.249 e. The normalized spacial score (nSPS) is 11.6. The number of pyridine rings is 1. The van der Waals surface area contributed by atoms with E-state index in [2.05, 4.69) is 15.0 Å². The Labute approximate surface area is 135 Å². The molecular weight excluding hydrogens is 314 g/mol. The van der Waals surface area contributed by atoms with Gasteiger partial charge in [0.15, 0.2) is 0 Å². The van der Waals surface area contributed by atoms with Crippen LogP contribution < -0.4 is 10.0 Å². The van der Waals surface area contributed by atoms with E-state index in [0.29, 0.717) is 11.4 Å². The third-order valence-corrected chi connectivity index (χ3v) is 4.46. The van der Waals surface area contributed by atoms with Crippen molar-refractivity contribution < 1.29 is 13.2 Å². The summed E-state index contributed by atoms with van der Waals surface area (Å²) in [4.78, 5) is 16.2. The van der Waals surface area contributed by atoms with Crippen LogP contribution in [0.25, 0.3) is 6.08 Å². The van der Waals surface area contributed by atoms with E-state index in [1.807, 2.05) is 19.1 Å². The number of rotatable bonds is 5. The van der Waals surface area contributed by atoms with Crippen molar-refractivity contribution in [2.24, 2.45) is 0 Å². The van der Waals surface area contributed by atoms with Crippen molar-refractivity contribution in [3.05, 3.63) is 59.8 Å². The number of hydrogen-bond donors (Lipinski definition) is 2. The van der Waals surface area contributed by atoms with Crippen molar-refractivity contribution in [3.63, 3.8) is 0 Å². The van der Waals surface area contributed by atoms with E-state index < -0.39 is 10.0 Å². The average molecular weight is 331 g/mol. The predicted octanol–water partition coefficient (Wildman–Crippen LogP) is 1.95. The molecule has 0 saturated carbocycles. The number of aryl methyl sites for hydroxylation is 1. The number of carbonyl (C=O) groups is 1. The zero-order valence-corrected chi connectivity index (χ0v) is 13.6. The largest absolute Gasteiger partial charge is 0.307 e. The monoisotopic (exact) mass is 331 g/mol. The number of nitrogens with zero attached hydrogens (tertiary/aromatic N) is 1. The van der Waals surface area contributed by atoms with Gasteiger partial charge in [-0.3, -0.25) is 4.79 Å². The zero-order chi connectivity index (χ0) is 16.9. The van der Waals surface area contributed by atoms with Crippen molar-refractivity contribution in [1.82, 2.24) is 9.71 Å². The van der Waals surface area contributed by atoms with Gasteiger partial charge in [0.1, 0.15) is 5.82 Å². The molecular formula is C16H17N3O3S. The molecule has 0 aliphatic rings. The summed E-state index contributed by atoms with van der Waals surface area (Å²) in [6.45, 7) is 1.84. The first-order chi connectivity index (χ1) is 10.9. The van der Waals surface area contributed by atoms with Crippen molar-refractivity contribution >= 4 is 27.8 Å². The summed E-state index contributed by atoms with van der Waals surface area (Å²) in [6.07, 6.45) is 2.96. The van der Waals surface area contributed by atoms with Gasteiger partial charge in [0.05, 0.1) is 4.90 Å². The second-order valence-corrected chi connectivity index (χ2v) is 6.65. The molecule has 0 bridgehead atoms. The van der Waals surface area contributed by atoms with Gasteiger partial charge in [-0.1, -0.05) is 18.2 Å². The Bertz CT molecular complexity index is 828. The third kappa shape index (κ3) is 4.73. The molecule has 2 rings (SSSR count). The second-order valence-electron chi connectivity index (χ2n) is 4.76. The van der Waals surface area contributed by atoms with Crippen LogP contribution in [-0.4, -0.2) is 26.4 Å². The van der Waals surface area contributed by atoms with Crippen LogP contribution in [0.4, 0.5) is 5.82 Å². The van der Waals surface area contributed by atoms with E-state index in [0.717, 1.165) is 5.69 Å². The van der Waals surface area contributed by atoms with Crippen LogP contribution in [0.1, 0.15) is 11.3 Å². The Morgan fingerprint density at radius 3 is 2.43 bits per heavy atom. The van der Waals surface area contributed by atoms with E-state index in [9.17, 15) is 13.2 Å². The molecule has 1 aromatic carbocycles. The molecule has 7 heteroatoms. The van der Waals surface area contributed by atoms with Gasteiger partial charge in [-0.05, 0) is 49.9 Å². The Hall–Kier alpha value is -2.51. The molecule has 0 saturated heterocycles. The van der Waals surface area contributed by atoms with Crippen LogP contribution in [0, 0.1) is 6.92 Å². The van der Waals surface area contributed by atoms with Crippen LogP contribution >= 0.6 is 0 Å². The molecule has 2 aromatic rings. The van der Waals surface area contributed by atoms with Crippen molar-refractivity contribution in [3.8, 4) is 0 Å². The maximum absolute atomic E-state index is 11.8. The van der Waals surface area contributed by atoms with Crippen LogP contribution in [0.15, 0.2) is 53.4 Å². The Balaban J connectivity index is 2.04. The highest BCUT2D eigenvalue weighted by molar-refractivity contribution is 7.89. The highest BCUT2D eigenvalue weighted by Gasteiger charge is 2.09. The minimum absolute atomic E-state index is 0.172. The van der Waals surface area contributed by atoms with Crippen LogP contribution in [-0.2, 0) is 14.8 Å². The molecule has 120 valence electrons. The van der Waals surface area contributed by atoms with Crippen molar-refractivity contribution in [1.29, 1.82) is 0 Å². The summed E-state index contributed by atoms with van der Waals surface area (Å²) in [6, 6.07) is 11.6. The summed E-state index contributed by atoms with van der Waals surface area (Å²) in [5, 5.41) is 2.66. The Morgan fingerprint density at radius 1 is 1.13 bits per heavy atom. The van der Waals surface area contributed by atoms with E-state index in [1.54, 1.807) is 24.3 Å². The van der Waals surface area contributed by atoms with Crippen LogP contribution in [0.2, 0.25) is 0 Å². The van der Waals surface area contributed by atoms with Gasteiger partial charge in [-0.15, -0.1) is 0 Å². The number of amides is 1. The molecule has 1 amide bonds. The summed E-state index contributed by atoms with van der Waals surface area (Å²) in [5.74, 6) is 0.171. The molecule has 0 spiro atoms. The lowest BCUT2D eigenvalue weighted by Crippen LogP contribution is -2.18. The molecule has 0 unspecified atom stereocenters. The summed E-state index contributed by atoms with van der Waals surface area (Å²) in [7, 11) is -2.10. The fourth-order valence-electron chi connectivity index (χ4n) is 1.83. The molecule has 0 fully saturated rings. The molecule has 0 radical (unpaired) electrons. The molecule has 0 aliphatic carbocycles. The van der Waals surface area contributed by atoms with E-state index >= 15 is 0 Å². The minimum Gasteiger partial charge on any atom is -0.307 e. The number of carbonyl (C=O) groups excluding carboxylic acids is 1. The lowest BCUT2D eigenvalue weighted by molar-refractivity contribution is -0.111. The SMILES string of the molecule is CNS(=O)(=O)c1ccc(C=CC(=O)Nc2cccc(C)n2)cc1. The average Bonchev–Trinajstić information content (AvgIpc) is 2.53. The highest BCUT2D eigenvalue weighted by atomic mass is 32.2. The van der Waals surface area contributed by atoms with E-state index in [1.165, 1.54) is 25.3 Å². The summed E-state index contributed by atoms with van der Waals surface area (Å²) < 4.78 is 25.5. The molecule has 6 nitrogen and oxygen atoms in total. The molecule has 1 heterocycles. The van der Waals surface area contributed by atoms with Gasteiger partial charge in [0.25, 0.3) is 0 Å². The molecule has 0 aliphatic heterocycles. The van der Waals surface area contributed by atoms with Gasteiger partial charge in [-0.25, -0.2) is 18.1 Å². The van der Waals surface area contributed by atoms with Gasteiger partial charge in [0.2, 0.25) is 15.9 Å². The first kappa shape index (κ1) is 16.9. The lowest BCUT2D eigenvalue weighted by Gasteiger charge is -2.03. The van der Waals surface area contributed by atoms with Crippen LogP contribution in [0.5, 0.6) is 0 Å². The van der Waals surface area contributed by atoms with Gasteiger partial charge in [0, 0.05) is 11.8 Å². The Kier molecular flexibility index (Phi) is 5.25. The molecule has 1 aromatic heterocycles. The maximum atomic E-state index is 11.8. The fraction of sp³-hybridized carbons (Fsp3) is 0.125. The van der Waals surface area contributed by atoms with Gasteiger partial charge >= 0.3 is 0 Å². The third-order valence-electron chi connectivity index (χ3n) is 3.03. The summed E-state index contributed by atoms with van der Waals surface area (Å²) >= 11 is 0. The maximum Gasteiger partial charge on any atom is 0.249 e. The number of anilines is 1. The zero-order valence-electron chi connectivity index (χ0n) is 12.8. The number of benzene rings is 1. The minimum atomic E-state index is -3.45. The van der Waals surface area contributed by atoms with Gasteiger partial charge in [-0.2, -0.15) is 0 Å². The quantitative estimate of drug-likeness (QED) is 0.820. The standard InChI is InChI=1S/C16H17N3O3S/c1-12-4-3-5-15(18-12)19-16(20)11-8-13-6-9-14(10-7-13)23(21,22)17-2/h3-11,17H,1-2H3,(H,18,19,20). The summed E-state index contributed by atoms with van der Waals surface area (Å²) in [5.41, 5.74) is 1.53.